The largest absolute Gasteiger partial charge is 0.368 e. The molecule has 0 unspecified atom stereocenters. The number of thioether (sulfide) groups is 1. The second-order valence-electron chi connectivity index (χ2n) is 4.33. The SMILES string of the molecule is NC(=O)[C@@H]1CCCN1C(=O)C=CSc1ccccc1. The molecule has 1 aliphatic heterocycles. The minimum atomic E-state index is -0.445. The van der Waals surface area contributed by atoms with Crippen LogP contribution >= 0.6 is 11.8 Å². The fourth-order valence-corrected chi connectivity index (χ4v) is 2.75. The number of carbonyl (C=O) groups is 2. The van der Waals surface area contributed by atoms with Crippen molar-refractivity contribution in [1.29, 1.82) is 0 Å². The molecule has 0 saturated carbocycles. The van der Waals surface area contributed by atoms with E-state index in [-0.39, 0.29) is 5.91 Å². The van der Waals surface area contributed by atoms with Gasteiger partial charge >= 0.3 is 0 Å². The van der Waals surface area contributed by atoms with Crippen LogP contribution in [0.5, 0.6) is 0 Å². The number of likely N-dealkylation sites (tertiary alicyclic amines) is 1. The molecule has 1 heterocycles. The van der Waals surface area contributed by atoms with E-state index in [4.69, 9.17) is 5.73 Å². The van der Waals surface area contributed by atoms with Gasteiger partial charge in [0.05, 0.1) is 0 Å². The van der Waals surface area contributed by atoms with E-state index < -0.39 is 11.9 Å². The number of hydrogen-bond donors (Lipinski definition) is 1. The van der Waals surface area contributed by atoms with E-state index in [1.807, 2.05) is 30.3 Å². The van der Waals surface area contributed by atoms with Gasteiger partial charge in [0.1, 0.15) is 6.04 Å². The zero-order chi connectivity index (χ0) is 13.7. The number of nitrogens with two attached hydrogens (primary N) is 1. The van der Waals surface area contributed by atoms with Gasteiger partial charge in [0.25, 0.3) is 0 Å². The molecule has 2 amide bonds. The van der Waals surface area contributed by atoms with Crippen LogP contribution in [0.3, 0.4) is 0 Å². The average molecular weight is 276 g/mol. The third-order valence-corrected chi connectivity index (χ3v) is 3.84. The van der Waals surface area contributed by atoms with Crippen molar-refractivity contribution in [3.8, 4) is 0 Å². The Labute approximate surface area is 116 Å². The van der Waals surface area contributed by atoms with Crippen molar-refractivity contribution in [3.05, 3.63) is 41.8 Å². The van der Waals surface area contributed by atoms with Crippen molar-refractivity contribution >= 4 is 23.6 Å². The van der Waals surface area contributed by atoms with E-state index in [0.29, 0.717) is 13.0 Å². The predicted octanol–water partition coefficient (Wildman–Crippen LogP) is 1.77. The van der Waals surface area contributed by atoms with Gasteiger partial charge in [-0.05, 0) is 30.4 Å². The Bertz CT molecular complexity index is 487. The molecule has 1 aromatic carbocycles. The number of amides is 2. The minimum Gasteiger partial charge on any atom is -0.368 e. The van der Waals surface area contributed by atoms with Crippen LogP contribution < -0.4 is 5.73 Å². The van der Waals surface area contributed by atoms with E-state index in [9.17, 15) is 9.59 Å². The van der Waals surface area contributed by atoms with Gasteiger partial charge in [0.2, 0.25) is 11.8 Å². The number of benzene rings is 1. The highest BCUT2D eigenvalue weighted by Gasteiger charge is 2.31. The Morgan fingerprint density at radius 1 is 1.32 bits per heavy atom. The normalized spacial score (nSPS) is 18.9. The highest BCUT2D eigenvalue weighted by atomic mass is 32.2. The molecule has 19 heavy (non-hydrogen) atoms. The molecule has 0 aromatic heterocycles. The minimum absolute atomic E-state index is 0.148. The zero-order valence-electron chi connectivity index (χ0n) is 10.5. The van der Waals surface area contributed by atoms with Gasteiger partial charge in [-0.15, -0.1) is 0 Å². The Morgan fingerprint density at radius 2 is 2.05 bits per heavy atom. The summed E-state index contributed by atoms with van der Waals surface area (Å²) in [5, 5.41) is 1.74. The lowest BCUT2D eigenvalue weighted by molar-refractivity contribution is -0.133. The van der Waals surface area contributed by atoms with Crippen LogP contribution in [0.15, 0.2) is 46.7 Å². The third kappa shape index (κ3) is 3.61. The molecule has 1 aromatic rings. The number of carbonyl (C=O) groups excluding carboxylic acids is 2. The number of hydrogen-bond acceptors (Lipinski definition) is 3. The summed E-state index contributed by atoms with van der Waals surface area (Å²) in [5.74, 6) is -0.570. The van der Waals surface area contributed by atoms with E-state index >= 15 is 0 Å². The number of nitrogens with zero attached hydrogens (tertiary/aromatic N) is 1. The molecule has 0 radical (unpaired) electrons. The summed E-state index contributed by atoms with van der Waals surface area (Å²) >= 11 is 1.47. The second-order valence-corrected chi connectivity index (χ2v) is 5.30. The lowest BCUT2D eigenvalue weighted by Gasteiger charge is -2.20. The van der Waals surface area contributed by atoms with Crippen LogP contribution in [0.2, 0.25) is 0 Å². The van der Waals surface area contributed by atoms with Crippen LogP contribution in [-0.4, -0.2) is 29.3 Å². The topological polar surface area (TPSA) is 63.4 Å². The van der Waals surface area contributed by atoms with Gasteiger partial charge < -0.3 is 10.6 Å². The van der Waals surface area contributed by atoms with E-state index in [1.54, 1.807) is 10.3 Å². The van der Waals surface area contributed by atoms with Crippen LogP contribution in [0.4, 0.5) is 0 Å². The van der Waals surface area contributed by atoms with Gasteiger partial charge in [0.15, 0.2) is 0 Å². The molecule has 4 nitrogen and oxygen atoms in total. The molecule has 1 atom stereocenters. The summed E-state index contributed by atoms with van der Waals surface area (Å²) < 4.78 is 0. The molecule has 1 aliphatic rings. The standard InChI is InChI=1S/C14H16N2O2S/c15-14(18)12-7-4-9-16(12)13(17)8-10-19-11-5-2-1-3-6-11/h1-3,5-6,8,10,12H,4,7,9H2,(H2,15,18)/t12-/m0/s1. The van der Waals surface area contributed by atoms with Crippen LogP contribution in [-0.2, 0) is 9.59 Å². The van der Waals surface area contributed by atoms with Crippen LogP contribution in [0, 0.1) is 0 Å². The Morgan fingerprint density at radius 3 is 2.74 bits per heavy atom. The third-order valence-electron chi connectivity index (χ3n) is 3.02. The van der Waals surface area contributed by atoms with Crippen molar-refractivity contribution in [2.75, 3.05) is 6.54 Å². The molecule has 1 fully saturated rings. The predicted molar refractivity (Wildman–Crippen MR) is 75.4 cm³/mol. The second kappa shape index (κ2) is 6.43. The first kappa shape index (κ1) is 13.7. The lowest BCUT2D eigenvalue weighted by atomic mass is 10.2. The first-order chi connectivity index (χ1) is 9.18. The molecule has 100 valence electrons. The summed E-state index contributed by atoms with van der Waals surface area (Å²) in [7, 11) is 0. The Kier molecular flexibility index (Phi) is 4.63. The summed E-state index contributed by atoms with van der Waals surface area (Å²) in [4.78, 5) is 25.8. The van der Waals surface area contributed by atoms with E-state index in [1.165, 1.54) is 17.8 Å². The monoisotopic (exact) mass is 276 g/mol. The average Bonchev–Trinajstić information content (AvgIpc) is 2.89. The zero-order valence-corrected chi connectivity index (χ0v) is 11.3. The maximum atomic E-state index is 12.0. The first-order valence-corrected chi connectivity index (χ1v) is 7.04. The molecule has 1 saturated heterocycles. The smallest absolute Gasteiger partial charge is 0.247 e. The molecule has 5 heteroatoms. The van der Waals surface area contributed by atoms with Crippen LogP contribution in [0.25, 0.3) is 0 Å². The van der Waals surface area contributed by atoms with Gasteiger partial charge in [0, 0.05) is 17.5 Å². The van der Waals surface area contributed by atoms with E-state index in [2.05, 4.69) is 0 Å². The van der Waals surface area contributed by atoms with Gasteiger partial charge in [-0.1, -0.05) is 30.0 Å². The molecule has 0 bridgehead atoms. The highest BCUT2D eigenvalue weighted by Crippen LogP contribution is 2.20. The summed E-state index contributed by atoms with van der Waals surface area (Å²) in [6, 6.07) is 9.34. The summed E-state index contributed by atoms with van der Waals surface area (Å²) in [5.41, 5.74) is 5.28. The highest BCUT2D eigenvalue weighted by molar-refractivity contribution is 8.02. The fraction of sp³-hybridized carbons (Fsp3) is 0.286. The summed E-state index contributed by atoms with van der Waals surface area (Å²) in [6.45, 7) is 0.604. The molecule has 0 spiro atoms. The Balaban J connectivity index is 1.92. The van der Waals surface area contributed by atoms with Crippen molar-refractivity contribution in [2.45, 2.75) is 23.8 Å². The maximum Gasteiger partial charge on any atom is 0.247 e. The van der Waals surface area contributed by atoms with Crippen LogP contribution in [0.1, 0.15) is 12.8 Å². The molecular formula is C14H16N2O2S. The van der Waals surface area contributed by atoms with Crippen molar-refractivity contribution < 1.29 is 9.59 Å². The van der Waals surface area contributed by atoms with Gasteiger partial charge in [-0.25, -0.2) is 0 Å². The van der Waals surface area contributed by atoms with E-state index in [0.717, 1.165) is 11.3 Å². The first-order valence-electron chi connectivity index (χ1n) is 6.16. The maximum absolute atomic E-state index is 12.0. The molecular weight excluding hydrogens is 260 g/mol. The van der Waals surface area contributed by atoms with Crippen molar-refractivity contribution in [3.63, 3.8) is 0 Å². The Hall–Kier alpha value is -1.75. The molecule has 2 rings (SSSR count). The quantitative estimate of drug-likeness (QED) is 0.673. The molecule has 2 N–H and O–H groups in total. The summed E-state index contributed by atoms with van der Waals surface area (Å²) in [6.07, 6.45) is 3.00. The lowest BCUT2D eigenvalue weighted by Crippen LogP contribution is -2.42. The van der Waals surface area contributed by atoms with Gasteiger partial charge in [-0.2, -0.15) is 0 Å². The van der Waals surface area contributed by atoms with Gasteiger partial charge in [-0.3, -0.25) is 9.59 Å². The molecule has 0 aliphatic carbocycles. The van der Waals surface area contributed by atoms with Crippen molar-refractivity contribution in [1.82, 2.24) is 4.90 Å². The fourth-order valence-electron chi connectivity index (χ4n) is 2.09. The van der Waals surface area contributed by atoms with Crippen molar-refractivity contribution in [2.24, 2.45) is 5.73 Å². The number of primary amides is 1. The number of rotatable bonds is 4.